The number of nitrogens with one attached hydrogen (secondary N) is 1. The van der Waals surface area contributed by atoms with E-state index in [1.54, 1.807) is 18.2 Å². The molecule has 1 aliphatic heterocycles. The van der Waals surface area contributed by atoms with E-state index in [1.165, 1.54) is 16.4 Å². The monoisotopic (exact) mass is 418 g/mol. The van der Waals surface area contributed by atoms with E-state index in [0.717, 1.165) is 5.56 Å². The van der Waals surface area contributed by atoms with Gasteiger partial charge >= 0.3 is 0 Å². The van der Waals surface area contributed by atoms with Crippen LogP contribution in [0.5, 0.6) is 5.75 Å². The van der Waals surface area contributed by atoms with E-state index in [9.17, 15) is 13.2 Å². The molecule has 156 valence electrons. The van der Waals surface area contributed by atoms with Crippen LogP contribution in [0, 0.1) is 6.92 Å². The first kappa shape index (κ1) is 21.3. The quantitative estimate of drug-likeness (QED) is 0.780. The van der Waals surface area contributed by atoms with Crippen LogP contribution in [0.4, 0.5) is 5.69 Å². The van der Waals surface area contributed by atoms with Crippen LogP contribution in [0.25, 0.3) is 0 Å². The molecule has 1 aliphatic rings. The lowest BCUT2D eigenvalue weighted by Crippen LogP contribution is -2.48. The van der Waals surface area contributed by atoms with Gasteiger partial charge in [-0.3, -0.25) is 4.79 Å². The Labute approximate surface area is 171 Å². The molecule has 0 aromatic heterocycles. The van der Waals surface area contributed by atoms with Crippen molar-refractivity contribution in [2.45, 2.75) is 37.9 Å². The van der Waals surface area contributed by atoms with E-state index in [4.69, 9.17) is 9.47 Å². The Bertz CT molecular complexity index is 949. The van der Waals surface area contributed by atoms with Crippen molar-refractivity contribution in [1.29, 1.82) is 0 Å². The lowest BCUT2D eigenvalue weighted by atomic mass is 10.2. The van der Waals surface area contributed by atoms with E-state index in [-0.39, 0.29) is 29.6 Å². The summed E-state index contributed by atoms with van der Waals surface area (Å²) in [6.07, 6.45) is -0.305. The first-order valence-corrected chi connectivity index (χ1v) is 10.9. The van der Waals surface area contributed by atoms with E-state index in [2.05, 4.69) is 5.32 Å². The maximum absolute atomic E-state index is 12.9. The average Bonchev–Trinajstić information content (AvgIpc) is 2.66. The number of aryl methyl sites for hydroxylation is 1. The van der Waals surface area contributed by atoms with E-state index < -0.39 is 10.0 Å². The molecule has 1 heterocycles. The summed E-state index contributed by atoms with van der Waals surface area (Å²) < 4.78 is 38.2. The van der Waals surface area contributed by atoms with Crippen LogP contribution in [-0.4, -0.2) is 50.5 Å². The van der Waals surface area contributed by atoms with Crippen molar-refractivity contribution in [2.75, 3.05) is 25.0 Å². The molecule has 3 rings (SSSR count). The van der Waals surface area contributed by atoms with Crippen molar-refractivity contribution in [3.8, 4) is 5.75 Å². The van der Waals surface area contributed by atoms with E-state index >= 15 is 0 Å². The van der Waals surface area contributed by atoms with E-state index in [1.807, 2.05) is 39.0 Å². The fourth-order valence-corrected chi connectivity index (χ4v) is 4.83. The molecule has 2 aromatic rings. The molecular formula is C21H26N2O5S. The van der Waals surface area contributed by atoms with Gasteiger partial charge in [0.15, 0.2) is 6.61 Å². The summed E-state index contributed by atoms with van der Waals surface area (Å²) in [5.41, 5.74) is 1.55. The maximum atomic E-state index is 12.9. The number of carbonyl (C=O) groups excluding carboxylic acids is 1. The number of sulfonamides is 1. The molecular weight excluding hydrogens is 392 g/mol. The van der Waals surface area contributed by atoms with Crippen LogP contribution in [-0.2, 0) is 19.6 Å². The van der Waals surface area contributed by atoms with Crippen LogP contribution in [0.1, 0.15) is 19.4 Å². The van der Waals surface area contributed by atoms with Crippen molar-refractivity contribution >= 4 is 21.6 Å². The normalized spacial score (nSPS) is 20.2. The van der Waals surface area contributed by atoms with Gasteiger partial charge in [0.05, 0.1) is 17.1 Å². The highest BCUT2D eigenvalue weighted by Gasteiger charge is 2.32. The van der Waals surface area contributed by atoms with Crippen molar-refractivity contribution < 1.29 is 22.7 Å². The van der Waals surface area contributed by atoms with Crippen molar-refractivity contribution in [3.63, 3.8) is 0 Å². The molecule has 1 saturated heterocycles. The fourth-order valence-electron chi connectivity index (χ4n) is 3.24. The van der Waals surface area contributed by atoms with Crippen LogP contribution < -0.4 is 10.1 Å². The number of hydrogen-bond donors (Lipinski definition) is 1. The Kier molecular flexibility index (Phi) is 6.56. The Morgan fingerprint density at radius 3 is 2.41 bits per heavy atom. The first-order chi connectivity index (χ1) is 13.7. The topological polar surface area (TPSA) is 84.9 Å². The van der Waals surface area contributed by atoms with Gasteiger partial charge in [-0.25, -0.2) is 8.42 Å². The molecule has 0 unspecified atom stereocenters. The van der Waals surface area contributed by atoms with Crippen molar-refractivity contribution in [1.82, 2.24) is 4.31 Å². The molecule has 0 spiro atoms. The molecule has 29 heavy (non-hydrogen) atoms. The Morgan fingerprint density at radius 2 is 1.79 bits per heavy atom. The second kappa shape index (κ2) is 8.94. The lowest BCUT2D eigenvalue weighted by Gasteiger charge is -2.34. The summed E-state index contributed by atoms with van der Waals surface area (Å²) in [5, 5.41) is 2.71. The number of hydrogen-bond acceptors (Lipinski definition) is 5. The summed E-state index contributed by atoms with van der Waals surface area (Å²) in [6, 6.07) is 13.6. The third kappa shape index (κ3) is 5.56. The summed E-state index contributed by atoms with van der Waals surface area (Å²) >= 11 is 0. The Morgan fingerprint density at radius 1 is 1.14 bits per heavy atom. The third-order valence-electron chi connectivity index (χ3n) is 4.52. The summed E-state index contributed by atoms with van der Waals surface area (Å²) in [6.45, 7) is 6.17. The van der Waals surface area contributed by atoms with Crippen LogP contribution in [0.3, 0.4) is 0 Å². The lowest BCUT2D eigenvalue weighted by molar-refractivity contribution is -0.118. The minimum atomic E-state index is -3.61. The highest BCUT2D eigenvalue weighted by atomic mass is 32.2. The molecule has 0 bridgehead atoms. The zero-order valence-corrected chi connectivity index (χ0v) is 17.6. The van der Waals surface area contributed by atoms with E-state index in [0.29, 0.717) is 24.5 Å². The molecule has 2 atom stereocenters. The van der Waals surface area contributed by atoms with Gasteiger partial charge in [0.1, 0.15) is 5.75 Å². The molecule has 1 fully saturated rings. The summed E-state index contributed by atoms with van der Waals surface area (Å²) in [7, 11) is -3.61. The zero-order valence-electron chi connectivity index (χ0n) is 16.8. The van der Waals surface area contributed by atoms with Crippen LogP contribution in [0.2, 0.25) is 0 Å². The summed E-state index contributed by atoms with van der Waals surface area (Å²) in [4.78, 5) is 12.3. The molecule has 0 radical (unpaired) electrons. The molecule has 7 nitrogen and oxygen atoms in total. The second-order valence-corrected chi connectivity index (χ2v) is 9.20. The van der Waals surface area contributed by atoms with Crippen LogP contribution >= 0.6 is 0 Å². The fraction of sp³-hybridized carbons (Fsp3) is 0.381. The Balaban J connectivity index is 1.60. The van der Waals surface area contributed by atoms with Gasteiger partial charge in [0.2, 0.25) is 10.0 Å². The van der Waals surface area contributed by atoms with Gasteiger partial charge in [0.25, 0.3) is 5.91 Å². The smallest absolute Gasteiger partial charge is 0.262 e. The number of amides is 1. The minimum absolute atomic E-state index is 0.132. The molecule has 1 amide bonds. The number of benzene rings is 2. The first-order valence-electron chi connectivity index (χ1n) is 9.49. The Hall–Kier alpha value is -2.42. The van der Waals surface area contributed by atoms with Crippen molar-refractivity contribution in [2.24, 2.45) is 0 Å². The summed E-state index contributed by atoms with van der Waals surface area (Å²) in [5.74, 6) is 0.300. The predicted molar refractivity (Wildman–Crippen MR) is 111 cm³/mol. The highest BCUT2D eigenvalue weighted by Crippen LogP contribution is 2.22. The van der Waals surface area contributed by atoms with Crippen molar-refractivity contribution in [3.05, 3.63) is 54.1 Å². The standard InChI is InChI=1S/C21H26N2O5S/c1-15-5-4-6-19(11-15)27-14-21(24)22-18-7-9-20(10-8-18)29(25,26)23-12-16(2)28-17(3)13-23/h4-11,16-17H,12-14H2,1-3H3,(H,22,24)/t16-,17-/m0/s1. The van der Waals surface area contributed by atoms with Gasteiger partial charge < -0.3 is 14.8 Å². The van der Waals surface area contributed by atoms with Gasteiger partial charge in [-0.1, -0.05) is 12.1 Å². The maximum Gasteiger partial charge on any atom is 0.262 e. The molecule has 2 aromatic carbocycles. The minimum Gasteiger partial charge on any atom is -0.484 e. The molecule has 8 heteroatoms. The predicted octanol–water partition coefficient (Wildman–Crippen LogP) is 2.81. The third-order valence-corrected chi connectivity index (χ3v) is 6.37. The number of ether oxygens (including phenoxy) is 2. The second-order valence-electron chi connectivity index (χ2n) is 7.26. The molecule has 0 aliphatic carbocycles. The number of nitrogens with zero attached hydrogens (tertiary/aromatic N) is 1. The number of rotatable bonds is 6. The number of carbonyl (C=O) groups is 1. The SMILES string of the molecule is Cc1cccc(OCC(=O)Nc2ccc(S(=O)(=O)N3C[C@H](C)O[C@@H](C)C3)cc2)c1. The van der Waals surface area contributed by atoms with Gasteiger partial charge in [-0.15, -0.1) is 0 Å². The molecule has 1 N–H and O–H groups in total. The van der Waals surface area contributed by atoms with Gasteiger partial charge in [0, 0.05) is 18.8 Å². The van der Waals surface area contributed by atoms with Gasteiger partial charge in [-0.05, 0) is 62.7 Å². The largest absolute Gasteiger partial charge is 0.484 e. The highest BCUT2D eigenvalue weighted by molar-refractivity contribution is 7.89. The number of morpholine rings is 1. The molecule has 0 saturated carbocycles. The van der Waals surface area contributed by atoms with Gasteiger partial charge in [-0.2, -0.15) is 4.31 Å². The zero-order chi connectivity index (χ0) is 21.0. The average molecular weight is 419 g/mol. The number of anilines is 1. The van der Waals surface area contributed by atoms with Crippen LogP contribution in [0.15, 0.2) is 53.4 Å².